The van der Waals surface area contributed by atoms with Crippen molar-refractivity contribution in [2.45, 2.75) is 33.2 Å². The van der Waals surface area contributed by atoms with Crippen molar-refractivity contribution >= 4 is 21.9 Å². The van der Waals surface area contributed by atoms with Gasteiger partial charge in [-0.3, -0.25) is 0 Å². The van der Waals surface area contributed by atoms with Crippen molar-refractivity contribution in [1.82, 2.24) is 4.57 Å². The van der Waals surface area contributed by atoms with Crippen molar-refractivity contribution in [2.24, 2.45) is 0 Å². The Morgan fingerprint density at radius 2 is 2.00 bits per heavy atom. The second-order valence-corrected chi connectivity index (χ2v) is 5.63. The van der Waals surface area contributed by atoms with Crippen molar-refractivity contribution in [1.29, 1.82) is 0 Å². The third-order valence-corrected chi connectivity index (χ3v) is 3.86. The van der Waals surface area contributed by atoms with Crippen LogP contribution in [0.3, 0.4) is 0 Å². The average Bonchev–Trinajstić information content (AvgIpc) is 2.83. The molecule has 2 aromatic rings. The topological polar surface area (TPSA) is 42.2 Å². The fraction of sp³-hybridized carbons (Fsp3) is 0.312. The first kappa shape index (κ1) is 14.9. The minimum Gasteiger partial charge on any atom is -0.477 e. The van der Waals surface area contributed by atoms with Crippen molar-refractivity contribution in [3.05, 3.63) is 46.1 Å². The summed E-state index contributed by atoms with van der Waals surface area (Å²) in [7, 11) is 0. The molecule has 0 aliphatic carbocycles. The first-order valence-corrected chi connectivity index (χ1v) is 7.59. The number of aryl methyl sites for hydroxylation is 1. The van der Waals surface area contributed by atoms with Gasteiger partial charge in [0.1, 0.15) is 5.69 Å². The molecule has 0 saturated heterocycles. The molecule has 1 N–H and O–H groups in total. The first-order valence-electron chi connectivity index (χ1n) is 6.80. The van der Waals surface area contributed by atoms with Gasteiger partial charge >= 0.3 is 5.97 Å². The highest BCUT2D eigenvalue weighted by Gasteiger charge is 2.16. The summed E-state index contributed by atoms with van der Waals surface area (Å²) in [4.78, 5) is 11.3. The Morgan fingerprint density at radius 1 is 1.25 bits per heavy atom. The van der Waals surface area contributed by atoms with E-state index in [0.29, 0.717) is 12.2 Å². The van der Waals surface area contributed by atoms with Crippen LogP contribution < -0.4 is 0 Å². The van der Waals surface area contributed by atoms with Gasteiger partial charge in [-0.2, -0.15) is 0 Å². The Kier molecular flexibility index (Phi) is 4.65. The normalized spacial score (nSPS) is 10.8. The Balaban J connectivity index is 2.60. The van der Waals surface area contributed by atoms with E-state index >= 15 is 0 Å². The van der Waals surface area contributed by atoms with E-state index in [-0.39, 0.29) is 0 Å². The highest BCUT2D eigenvalue weighted by atomic mass is 79.9. The number of carboxylic acid groups (broad SMARTS) is 1. The molecular formula is C16H18BrNO2. The summed E-state index contributed by atoms with van der Waals surface area (Å²) in [6, 6.07) is 9.74. The van der Waals surface area contributed by atoms with Gasteiger partial charge in [0, 0.05) is 22.3 Å². The van der Waals surface area contributed by atoms with Crippen molar-refractivity contribution in [2.75, 3.05) is 0 Å². The molecule has 0 unspecified atom stereocenters. The van der Waals surface area contributed by atoms with Gasteiger partial charge < -0.3 is 9.67 Å². The maximum absolute atomic E-state index is 11.3. The average molecular weight is 336 g/mol. The predicted molar refractivity (Wildman–Crippen MR) is 84.2 cm³/mol. The molecule has 0 atom stereocenters. The molecule has 0 aliphatic rings. The van der Waals surface area contributed by atoms with Crippen LogP contribution in [-0.4, -0.2) is 15.6 Å². The first-order chi connectivity index (χ1) is 9.58. The lowest BCUT2D eigenvalue weighted by atomic mass is 10.0. The summed E-state index contributed by atoms with van der Waals surface area (Å²) < 4.78 is 2.94. The number of rotatable bonds is 5. The van der Waals surface area contributed by atoms with Crippen LogP contribution in [0.4, 0.5) is 0 Å². The SMILES string of the molecule is CCCn1c(C(=O)O)ccc1-c1ccc(Br)cc1CC. The van der Waals surface area contributed by atoms with Gasteiger partial charge in [0.05, 0.1) is 0 Å². The van der Waals surface area contributed by atoms with Crippen molar-refractivity contribution in [3.63, 3.8) is 0 Å². The van der Waals surface area contributed by atoms with Crippen LogP contribution in [0.25, 0.3) is 11.3 Å². The summed E-state index contributed by atoms with van der Waals surface area (Å²) in [5.41, 5.74) is 3.66. The zero-order valence-corrected chi connectivity index (χ0v) is 13.3. The van der Waals surface area contributed by atoms with E-state index in [9.17, 15) is 9.90 Å². The Morgan fingerprint density at radius 3 is 2.60 bits per heavy atom. The summed E-state index contributed by atoms with van der Waals surface area (Å²) >= 11 is 3.49. The number of carboxylic acids is 1. The van der Waals surface area contributed by atoms with Gasteiger partial charge in [-0.15, -0.1) is 0 Å². The molecule has 0 bridgehead atoms. The lowest BCUT2D eigenvalue weighted by Crippen LogP contribution is -2.09. The molecular weight excluding hydrogens is 318 g/mol. The number of aromatic carboxylic acids is 1. The van der Waals surface area contributed by atoms with Crippen LogP contribution in [0.1, 0.15) is 36.3 Å². The van der Waals surface area contributed by atoms with Crippen LogP contribution in [0.15, 0.2) is 34.8 Å². The Labute approximate surface area is 127 Å². The molecule has 2 rings (SSSR count). The largest absolute Gasteiger partial charge is 0.477 e. The highest BCUT2D eigenvalue weighted by Crippen LogP contribution is 2.29. The third kappa shape index (κ3) is 2.80. The Bertz CT molecular complexity index is 631. The van der Waals surface area contributed by atoms with Gasteiger partial charge in [0.15, 0.2) is 0 Å². The predicted octanol–water partition coefficient (Wildman–Crippen LogP) is 4.59. The van der Waals surface area contributed by atoms with E-state index in [2.05, 4.69) is 41.9 Å². The maximum Gasteiger partial charge on any atom is 0.352 e. The quantitative estimate of drug-likeness (QED) is 0.868. The Hall–Kier alpha value is -1.55. The van der Waals surface area contributed by atoms with E-state index in [1.807, 2.05) is 16.7 Å². The van der Waals surface area contributed by atoms with Crippen LogP contribution in [-0.2, 0) is 13.0 Å². The number of hydrogen-bond donors (Lipinski definition) is 1. The van der Waals surface area contributed by atoms with E-state index in [1.165, 1.54) is 5.56 Å². The van der Waals surface area contributed by atoms with E-state index in [0.717, 1.165) is 28.6 Å². The number of nitrogens with zero attached hydrogens (tertiary/aromatic N) is 1. The summed E-state index contributed by atoms with van der Waals surface area (Å²) in [5.74, 6) is -0.875. The second kappa shape index (κ2) is 6.27. The third-order valence-electron chi connectivity index (χ3n) is 3.37. The van der Waals surface area contributed by atoms with Gasteiger partial charge in [-0.1, -0.05) is 35.8 Å². The molecule has 3 nitrogen and oxygen atoms in total. The van der Waals surface area contributed by atoms with Crippen LogP contribution in [0.5, 0.6) is 0 Å². The van der Waals surface area contributed by atoms with Gasteiger partial charge in [0.25, 0.3) is 0 Å². The maximum atomic E-state index is 11.3. The summed E-state index contributed by atoms with van der Waals surface area (Å²) in [5, 5.41) is 9.29. The van der Waals surface area contributed by atoms with E-state index < -0.39 is 5.97 Å². The highest BCUT2D eigenvalue weighted by molar-refractivity contribution is 9.10. The molecule has 0 radical (unpaired) electrons. The van der Waals surface area contributed by atoms with Crippen LogP contribution >= 0.6 is 15.9 Å². The van der Waals surface area contributed by atoms with Crippen LogP contribution in [0.2, 0.25) is 0 Å². The molecule has 0 amide bonds. The fourth-order valence-electron chi connectivity index (χ4n) is 2.46. The molecule has 0 saturated carbocycles. The lowest BCUT2D eigenvalue weighted by Gasteiger charge is -2.14. The zero-order chi connectivity index (χ0) is 14.7. The minimum absolute atomic E-state index is 0.354. The van der Waals surface area contributed by atoms with Gasteiger partial charge in [-0.05, 0) is 42.7 Å². The molecule has 106 valence electrons. The summed E-state index contributed by atoms with van der Waals surface area (Å²) in [6.45, 7) is 4.87. The lowest BCUT2D eigenvalue weighted by molar-refractivity contribution is 0.0685. The monoisotopic (exact) mass is 335 g/mol. The number of hydrogen-bond acceptors (Lipinski definition) is 1. The molecule has 4 heteroatoms. The zero-order valence-electron chi connectivity index (χ0n) is 11.7. The van der Waals surface area contributed by atoms with E-state index in [1.54, 1.807) is 6.07 Å². The number of carbonyl (C=O) groups is 1. The molecule has 1 aromatic heterocycles. The van der Waals surface area contributed by atoms with Gasteiger partial charge in [0.2, 0.25) is 0 Å². The number of benzene rings is 1. The van der Waals surface area contributed by atoms with E-state index in [4.69, 9.17) is 0 Å². The molecule has 0 aliphatic heterocycles. The van der Waals surface area contributed by atoms with Crippen molar-refractivity contribution in [3.8, 4) is 11.3 Å². The fourth-order valence-corrected chi connectivity index (χ4v) is 2.87. The summed E-state index contributed by atoms with van der Waals surface area (Å²) in [6.07, 6.45) is 1.81. The standard InChI is InChI=1S/C16H18BrNO2/c1-3-9-18-14(7-8-15(18)16(19)20)13-6-5-12(17)10-11(13)4-2/h5-8,10H,3-4,9H2,1-2H3,(H,19,20). The van der Waals surface area contributed by atoms with Gasteiger partial charge in [-0.25, -0.2) is 4.79 Å². The van der Waals surface area contributed by atoms with Crippen LogP contribution in [0, 0.1) is 0 Å². The number of halogens is 1. The molecule has 0 fully saturated rings. The second-order valence-electron chi connectivity index (χ2n) is 4.72. The molecule has 20 heavy (non-hydrogen) atoms. The molecule has 0 spiro atoms. The molecule has 1 heterocycles. The number of aromatic nitrogens is 1. The van der Waals surface area contributed by atoms with Crippen molar-refractivity contribution < 1.29 is 9.90 Å². The smallest absolute Gasteiger partial charge is 0.352 e. The molecule has 1 aromatic carbocycles. The minimum atomic E-state index is -0.875.